The van der Waals surface area contributed by atoms with Gasteiger partial charge in [-0.05, 0) is 29.8 Å². The molecule has 3 heterocycles. The van der Waals surface area contributed by atoms with Crippen LogP contribution < -0.4 is 29.0 Å². The van der Waals surface area contributed by atoms with Crippen LogP contribution in [0.4, 0.5) is 0 Å². The van der Waals surface area contributed by atoms with Gasteiger partial charge in [-0.3, -0.25) is 14.4 Å². The third-order valence-corrected chi connectivity index (χ3v) is 8.91. The van der Waals surface area contributed by atoms with Gasteiger partial charge in [0.05, 0.1) is 27.9 Å². The number of esters is 1. The Hall–Kier alpha value is -5.17. The van der Waals surface area contributed by atoms with Crippen molar-refractivity contribution in [3.05, 3.63) is 75.4 Å². The van der Waals surface area contributed by atoms with Crippen molar-refractivity contribution in [2.24, 2.45) is 5.92 Å². The van der Waals surface area contributed by atoms with Crippen molar-refractivity contribution < 1.29 is 57.1 Å². The lowest BCUT2D eigenvalue weighted by atomic mass is 9.69. The molecule has 246 valence electrons. The zero-order valence-electron chi connectivity index (χ0n) is 25.8. The molecule has 2 aromatic carbocycles. The average Bonchev–Trinajstić information content (AvgIpc) is 3.81. The lowest BCUT2D eigenvalue weighted by Gasteiger charge is -2.38. The smallest absolute Gasteiger partial charge is 0.373 e. The Bertz CT molecular complexity index is 1840. The highest BCUT2D eigenvalue weighted by atomic mass is 35.5. The van der Waals surface area contributed by atoms with E-state index in [-0.39, 0.29) is 71.1 Å². The van der Waals surface area contributed by atoms with Crippen LogP contribution in [-0.2, 0) is 20.9 Å². The molecule has 2 N–H and O–H groups in total. The van der Waals surface area contributed by atoms with Crippen LogP contribution in [0.3, 0.4) is 0 Å². The molecule has 0 fully saturated rings. The van der Waals surface area contributed by atoms with Gasteiger partial charge in [-0.2, -0.15) is 0 Å². The van der Waals surface area contributed by atoms with Gasteiger partial charge in [0, 0.05) is 36.3 Å². The minimum atomic E-state index is -2.04. The lowest BCUT2D eigenvalue weighted by molar-refractivity contribution is -0.122. The quantitative estimate of drug-likeness (QED) is 0.302. The number of allylic oxidation sites excluding steroid dienone is 1. The van der Waals surface area contributed by atoms with E-state index in [2.05, 4.69) is 10.1 Å². The molecule has 3 unspecified atom stereocenters. The van der Waals surface area contributed by atoms with Crippen molar-refractivity contribution >= 4 is 35.0 Å². The zero-order valence-corrected chi connectivity index (χ0v) is 26.5. The molecular weight excluding hydrogens is 638 g/mol. The van der Waals surface area contributed by atoms with Crippen molar-refractivity contribution in [1.29, 1.82) is 0 Å². The number of rotatable bonds is 9. The van der Waals surface area contributed by atoms with Crippen molar-refractivity contribution in [3.8, 4) is 28.7 Å². The SMILES string of the molecule is COC(=O)c1ccc(CNC(=O)CC(C2=C(O)C3(Oc4c(Cl)c(OC)cc(OC)c4C3=O)C(C)CC2=O)c2ccc3c(c2)OCO3)o1. The second kappa shape index (κ2) is 12.2. The molecule has 1 aliphatic carbocycles. The van der Waals surface area contributed by atoms with E-state index >= 15 is 0 Å². The number of Topliss-reactive ketones (excluding diaryl/α,β-unsaturated/α-hetero) is 2. The number of ether oxygens (including phenoxy) is 6. The predicted molar refractivity (Wildman–Crippen MR) is 163 cm³/mol. The van der Waals surface area contributed by atoms with E-state index in [9.17, 15) is 24.3 Å². The molecule has 1 amide bonds. The number of ketones is 2. The van der Waals surface area contributed by atoms with Gasteiger partial charge in [-0.1, -0.05) is 24.6 Å². The number of fused-ring (bicyclic) bond motifs is 2. The minimum absolute atomic E-state index is 0.00690. The number of benzene rings is 2. The number of aliphatic hydroxyl groups is 1. The first-order valence-electron chi connectivity index (χ1n) is 14.5. The fraction of sp³-hybridized carbons (Fsp3) is 0.333. The maximum atomic E-state index is 14.3. The number of aliphatic hydroxyl groups excluding tert-OH is 1. The predicted octanol–water partition coefficient (Wildman–Crippen LogP) is 4.69. The first kappa shape index (κ1) is 31.8. The summed E-state index contributed by atoms with van der Waals surface area (Å²) < 4.78 is 38.1. The molecule has 14 heteroatoms. The normalized spacial score (nSPS) is 20.1. The van der Waals surface area contributed by atoms with E-state index in [0.29, 0.717) is 17.1 Å². The molecular formula is C33H30ClNO12. The molecule has 47 heavy (non-hydrogen) atoms. The Morgan fingerprint density at radius 1 is 1.06 bits per heavy atom. The third kappa shape index (κ3) is 5.20. The van der Waals surface area contributed by atoms with Crippen LogP contribution in [0.2, 0.25) is 5.02 Å². The van der Waals surface area contributed by atoms with E-state index in [1.165, 1.54) is 39.5 Å². The molecule has 0 bridgehead atoms. The first-order valence-corrected chi connectivity index (χ1v) is 14.9. The lowest BCUT2D eigenvalue weighted by Crippen LogP contribution is -2.53. The number of carbonyl (C=O) groups excluding carboxylic acids is 4. The summed E-state index contributed by atoms with van der Waals surface area (Å²) in [7, 11) is 3.97. The van der Waals surface area contributed by atoms with Crippen LogP contribution in [-0.4, -0.2) is 62.3 Å². The molecule has 0 saturated carbocycles. The summed E-state index contributed by atoms with van der Waals surface area (Å²) in [4.78, 5) is 53.3. The highest BCUT2D eigenvalue weighted by Gasteiger charge is 2.61. The largest absolute Gasteiger partial charge is 0.507 e. The molecule has 3 aromatic rings. The summed E-state index contributed by atoms with van der Waals surface area (Å²) in [6.07, 6.45) is -0.527. The fourth-order valence-corrected chi connectivity index (χ4v) is 6.45. The average molecular weight is 668 g/mol. The highest BCUT2D eigenvalue weighted by molar-refractivity contribution is 6.35. The first-order chi connectivity index (χ1) is 22.5. The van der Waals surface area contributed by atoms with E-state index in [4.69, 9.17) is 39.7 Å². The minimum Gasteiger partial charge on any atom is -0.507 e. The zero-order chi connectivity index (χ0) is 33.6. The molecule has 2 aliphatic heterocycles. The summed E-state index contributed by atoms with van der Waals surface area (Å²) in [5.74, 6) is -3.52. The van der Waals surface area contributed by atoms with Gasteiger partial charge in [0.2, 0.25) is 29.8 Å². The van der Waals surface area contributed by atoms with Gasteiger partial charge in [-0.25, -0.2) is 4.79 Å². The van der Waals surface area contributed by atoms with Crippen LogP contribution in [0.1, 0.15) is 57.9 Å². The fourth-order valence-electron chi connectivity index (χ4n) is 6.18. The van der Waals surface area contributed by atoms with Crippen molar-refractivity contribution in [2.45, 2.75) is 37.8 Å². The highest BCUT2D eigenvalue weighted by Crippen LogP contribution is 2.56. The maximum Gasteiger partial charge on any atom is 0.373 e. The van der Waals surface area contributed by atoms with Crippen LogP contribution >= 0.6 is 11.6 Å². The van der Waals surface area contributed by atoms with Crippen molar-refractivity contribution in [3.63, 3.8) is 0 Å². The number of hydrogen-bond acceptors (Lipinski definition) is 12. The molecule has 0 saturated heterocycles. The second-order valence-corrected chi connectivity index (χ2v) is 11.5. The summed E-state index contributed by atoms with van der Waals surface area (Å²) in [6.45, 7) is 1.52. The Morgan fingerprint density at radius 2 is 1.81 bits per heavy atom. The summed E-state index contributed by atoms with van der Waals surface area (Å²) >= 11 is 6.57. The van der Waals surface area contributed by atoms with Crippen molar-refractivity contribution in [1.82, 2.24) is 5.32 Å². The summed E-state index contributed by atoms with van der Waals surface area (Å²) in [6, 6.07) is 9.27. The molecule has 3 aliphatic rings. The van der Waals surface area contributed by atoms with Crippen LogP contribution in [0.25, 0.3) is 0 Å². The van der Waals surface area contributed by atoms with Crippen molar-refractivity contribution in [2.75, 3.05) is 28.1 Å². The Morgan fingerprint density at radius 3 is 2.53 bits per heavy atom. The molecule has 1 spiro atoms. The Kier molecular flexibility index (Phi) is 8.26. The summed E-state index contributed by atoms with van der Waals surface area (Å²) in [5, 5.41) is 14.8. The van der Waals surface area contributed by atoms with Gasteiger partial charge in [-0.15, -0.1) is 0 Å². The van der Waals surface area contributed by atoms with Gasteiger partial charge >= 0.3 is 5.97 Å². The molecule has 1 aromatic heterocycles. The Labute approximate surface area is 273 Å². The number of amides is 1. The van der Waals surface area contributed by atoms with Crippen LogP contribution in [0.5, 0.6) is 28.7 Å². The molecule has 6 rings (SSSR count). The van der Waals surface area contributed by atoms with E-state index in [1.807, 2.05) is 0 Å². The van der Waals surface area contributed by atoms with Gasteiger partial charge in [0.1, 0.15) is 27.8 Å². The third-order valence-electron chi connectivity index (χ3n) is 8.56. The van der Waals surface area contributed by atoms with Crippen LogP contribution in [0.15, 0.2) is 52.1 Å². The van der Waals surface area contributed by atoms with Gasteiger partial charge < -0.3 is 43.3 Å². The molecule has 0 radical (unpaired) electrons. The Balaban J connectivity index is 1.41. The number of methoxy groups -OCH3 is 3. The van der Waals surface area contributed by atoms with Gasteiger partial charge in [0.25, 0.3) is 0 Å². The molecule has 3 atom stereocenters. The van der Waals surface area contributed by atoms with Crippen LogP contribution in [0, 0.1) is 5.92 Å². The monoisotopic (exact) mass is 667 g/mol. The topological polar surface area (TPSA) is 169 Å². The molecule has 13 nitrogen and oxygen atoms in total. The maximum absolute atomic E-state index is 14.3. The number of halogens is 1. The number of carbonyl (C=O) groups is 4. The standard InChI is InChI=1S/C33H30ClNO12/c1-15-9-19(36)26(30(38)33(15)31(39)27-23(41-2)12-24(42-3)28(34)29(27)47-33)18(16-5-7-20-22(10-16)45-14-44-20)11-25(37)35-13-17-6-8-21(46-17)32(40)43-4/h5-8,10,12,15,18,38H,9,11,13-14H2,1-4H3,(H,35,37). The number of furan rings is 1. The number of nitrogens with one attached hydrogen (secondary N) is 1. The van der Waals surface area contributed by atoms with E-state index in [0.717, 1.165) is 0 Å². The van der Waals surface area contributed by atoms with E-state index < -0.39 is 46.6 Å². The number of hydrogen-bond donors (Lipinski definition) is 2. The summed E-state index contributed by atoms with van der Waals surface area (Å²) in [5.41, 5.74) is -1.78. The van der Waals surface area contributed by atoms with Gasteiger partial charge in [0.15, 0.2) is 28.8 Å². The van der Waals surface area contributed by atoms with E-state index in [1.54, 1.807) is 25.1 Å². The second-order valence-electron chi connectivity index (χ2n) is 11.2.